The molecule has 2 aliphatic heterocycles. The Morgan fingerprint density at radius 2 is 2.05 bits per heavy atom. The van der Waals surface area contributed by atoms with Crippen LogP contribution in [0.2, 0.25) is 0 Å². The van der Waals surface area contributed by atoms with Gasteiger partial charge in [-0.15, -0.1) is 0 Å². The Bertz CT molecular complexity index is 478. The minimum absolute atomic E-state index is 0.330. The molecule has 1 aromatic carbocycles. The van der Waals surface area contributed by atoms with Crippen LogP contribution in [0.25, 0.3) is 0 Å². The van der Waals surface area contributed by atoms with E-state index in [1.807, 2.05) is 6.07 Å². The van der Waals surface area contributed by atoms with Crippen LogP contribution < -0.4 is 10.1 Å². The minimum Gasteiger partial charge on any atom is -0.490 e. The van der Waals surface area contributed by atoms with Crippen molar-refractivity contribution in [1.82, 2.24) is 10.2 Å². The lowest BCUT2D eigenvalue weighted by molar-refractivity contribution is 0.114. The highest BCUT2D eigenvalue weighted by Crippen LogP contribution is 2.23. The fourth-order valence-corrected chi connectivity index (χ4v) is 2.76. The van der Waals surface area contributed by atoms with Gasteiger partial charge in [0.1, 0.15) is 17.7 Å². The maximum absolute atomic E-state index is 6.24. The molecule has 1 fully saturated rings. The first kappa shape index (κ1) is 13.4. The Hall–Kier alpha value is -1.55. The molecule has 108 valence electrons. The number of piperidine rings is 1. The van der Waals surface area contributed by atoms with Crippen molar-refractivity contribution in [2.24, 2.45) is 4.99 Å². The van der Waals surface area contributed by atoms with Gasteiger partial charge in [0.2, 0.25) is 0 Å². The average Bonchev–Trinajstić information content (AvgIpc) is 2.51. The van der Waals surface area contributed by atoms with Gasteiger partial charge < -0.3 is 15.0 Å². The Balaban J connectivity index is 1.74. The number of benzene rings is 1. The van der Waals surface area contributed by atoms with Crippen molar-refractivity contribution in [1.29, 1.82) is 0 Å². The molecule has 4 heteroatoms. The van der Waals surface area contributed by atoms with Crippen molar-refractivity contribution < 1.29 is 4.74 Å². The SMILES string of the molecule is CN1CCC(Oc2ccccc2C2=NCCCN2)CC1. The van der Waals surface area contributed by atoms with Gasteiger partial charge >= 0.3 is 0 Å². The fraction of sp³-hybridized carbons (Fsp3) is 0.562. The van der Waals surface area contributed by atoms with E-state index in [4.69, 9.17) is 4.74 Å². The van der Waals surface area contributed by atoms with E-state index in [1.165, 1.54) is 0 Å². The predicted molar refractivity (Wildman–Crippen MR) is 81.6 cm³/mol. The number of rotatable bonds is 3. The predicted octanol–water partition coefficient (Wildman–Crippen LogP) is 1.90. The van der Waals surface area contributed by atoms with Crippen LogP contribution in [0.3, 0.4) is 0 Å². The van der Waals surface area contributed by atoms with E-state index in [0.29, 0.717) is 6.10 Å². The number of aliphatic imine (C=N–C) groups is 1. The number of ether oxygens (including phenoxy) is 1. The summed E-state index contributed by atoms with van der Waals surface area (Å²) in [6, 6.07) is 8.25. The van der Waals surface area contributed by atoms with Gasteiger partial charge in [0.05, 0.1) is 5.56 Å². The molecule has 0 saturated carbocycles. The molecule has 0 aromatic heterocycles. The fourth-order valence-electron chi connectivity index (χ4n) is 2.76. The highest BCUT2D eigenvalue weighted by atomic mass is 16.5. The summed E-state index contributed by atoms with van der Waals surface area (Å²) < 4.78 is 6.24. The Morgan fingerprint density at radius 3 is 2.80 bits per heavy atom. The molecule has 3 rings (SSSR count). The number of para-hydroxylation sites is 1. The second-order valence-electron chi connectivity index (χ2n) is 5.63. The van der Waals surface area contributed by atoms with E-state index in [0.717, 1.165) is 62.6 Å². The third-order valence-electron chi connectivity index (χ3n) is 4.00. The molecular formula is C16H23N3O. The molecule has 2 aliphatic rings. The standard InChI is InChI=1S/C16H23N3O/c1-19-11-7-13(8-12-19)20-15-6-3-2-5-14(15)16-17-9-4-10-18-16/h2-3,5-6,13H,4,7-12H2,1H3,(H,17,18). The lowest BCUT2D eigenvalue weighted by Gasteiger charge is -2.30. The van der Waals surface area contributed by atoms with Crippen molar-refractivity contribution in [3.8, 4) is 5.75 Å². The highest BCUT2D eigenvalue weighted by Gasteiger charge is 2.20. The van der Waals surface area contributed by atoms with Crippen molar-refractivity contribution in [3.05, 3.63) is 29.8 Å². The van der Waals surface area contributed by atoms with Crippen molar-refractivity contribution in [2.75, 3.05) is 33.2 Å². The summed E-state index contributed by atoms with van der Waals surface area (Å²) >= 11 is 0. The van der Waals surface area contributed by atoms with Crippen LogP contribution in [0.1, 0.15) is 24.8 Å². The summed E-state index contributed by atoms with van der Waals surface area (Å²) in [6.45, 7) is 4.14. The van der Waals surface area contributed by atoms with Gasteiger partial charge in [-0.1, -0.05) is 12.1 Å². The second-order valence-corrected chi connectivity index (χ2v) is 5.63. The first-order chi connectivity index (χ1) is 9.83. The third-order valence-corrected chi connectivity index (χ3v) is 4.00. The van der Waals surface area contributed by atoms with E-state index < -0.39 is 0 Å². The van der Waals surface area contributed by atoms with Gasteiger partial charge in [-0.2, -0.15) is 0 Å². The van der Waals surface area contributed by atoms with Crippen molar-refractivity contribution >= 4 is 5.84 Å². The van der Waals surface area contributed by atoms with Crippen molar-refractivity contribution in [3.63, 3.8) is 0 Å². The highest BCUT2D eigenvalue weighted by molar-refractivity contribution is 6.01. The lowest BCUT2D eigenvalue weighted by Crippen LogP contribution is -2.36. The molecule has 1 N–H and O–H groups in total. The molecular weight excluding hydrogens is 250 g/mol. The summed E-state index contributed by atoms with van der Waals surface area (Å²) in [7, 11) is 2.17. The van der Waals surface area contributed by atoms with Gasteiger partial charge in [-0.05, 0) is 38.4 Å². The minimum atomic E-state index is 0.330. The first-order valence-corrected chi connectivity index (χ1v) is 7.56. The summed E-state index contributed by atoms with van der Waals surface area (Å²) in [5.41, 5.74) is 1.10. The van der Waals surface area contributed by atoms with Gasteiger partial charge in [-0.3, -0.25) is 4.99 Å². The van der Waals surface area contributed by atoms with E-state index in [-0.39, 0.29) is 0 Å². The molecule has 2 heterocycles. The molecule has 0 amide bonds. The largest absolute Gasteiger partial charge is 0.490 e. The Morgan fingerprint density at radius 1 is 1.25 bits per heavy atom. The zero-order valence-electron chi connectivity index (χ0n) is 12.1. The Kier molecular flexibility index (Phi) is 4.21. The van der Waals surface area contributed by atoms with Crippen LogP contribution in [0.15, 0.2) is 29.3 Å². The molecule has 0 atom stereocenters. The quantitative estimate of drug-likeness (QED) is 0.914. The maximum atomic E-state index is 6.24. The van der Waals surface area contributed by atoms with E-state index >= 15 is 0 Å². The van der Waals surface area contributed by atoms with Crippen LogP contribution in [-0.2, 0) is 0 Å². The van der Waals surface area contributed by atoms with Crippen LogP contribution >= 0.6 is 0 Å². The number of nitrogens with one attached hydrogen (secondary N) is 1. The number of likely N-dealkylation sites (tertiary alicyclic amines) is 1. The van der Waals surface area contributed by atoms with Gasteiger partial charge in [0.15, 0.2) is 0 Å². The molecule has 0 bridgehead atoms. The average molecular weight is 273 g/mol. The number of hydrogen-bond donors (Lipinski definition) is 1. The topological polar surface area (TPSA) is 36.9 Å². The zero-order valence-corrected chi connectivity index (χ0v) is 12.1. The summed E-state index contributed by atoms with van der Waals surface area (Å²) in [5, 5.41) is 3.38. The van der Waals surface area contributed by atoms with Gasteiger partial charge in [0, 0.05) is 26.2 Å². The molecule has 20 heavy (non-hydrogen) atoms. The number of hydrogen-bond acceptors (Lipinski definition) is 4. The van der Waals surface area contributed by atoms with Crippen LogP contribution in [0.5, 0.6) is 5.75 Å². The first-order valence-electron chi connectivity index (χ1n) is 7.56. The van der Waals surface area contributed by atoms with Crippen LogP contribution in [0.4, 0.5) is 0 Å². The summed E-state index contributed by atoms with van der Waals surface area (Å²) in [4.78, 5) is 6.94. The zero-order chi connectivity index (χ0) is 13.8. The normalized spacial score (nSPS) is 21.1. The molecule has 1 saturated heterocycles. The van der Waals surface area contributed by atoms with Crippen LogP contribution in [0, 0.1) is 0 Å². The van der Waals surface area contributed by atoms with Gasteiger partial charge in [0.25, 0.3) is 0 Å². The van der Waals surface area contributed by atoms with Gasteiger partial charge in [-0.25, -0.2) is 0 Å². The van der Waals surface area contributed by atoms with E-state index in [1.54, 1.807) is 0 Å². The van der Waals surface area contributed by atoms with Crippen LogP contribution in [-0.4, -0.2) is 50.1 Å². The van der Waals surface area contributed by atoms with E-state index in [2.05, 4.69) is 40.5 Å². The molecule has 0 aliphatic carbocycles. The second kappa shape index (κ2) is 6.27. The molecule has 1 aromatic rings. The third kappa shape index (κ3) is 3.12. The molecule has 0 unspecified atom stereocenters. The number of nitrogens with zero attached hydrogens (tertiary/aromatic N) is 2. The lowest BCUT2D eigenvalue weighted by atomic mass is 10.1. The smallest absolute Gasteiger partial charge is 0.132 e. The molecule has 0 spiro atoms. The Labute approximate surface area is 120 Å². The molecule has 4 nitrogen and oxygen atoms in total. The molecule has 0 radical (unpaired) electrons. The number of amidine groups is 1. The summed E-state index contributed by atoms with van der Waals surface area (Å²) in [6.07, 6.45) is 3.65. The van der Waals surface area contributed by atoms with E-state index in [9.17, 15) is 0 Å². The monoisotopic (exact) mass is 273 g/mol. The summed E-state index contributed by atoms with van der Waals surface area (Å²) in [5.74, 6) is 1.95. The maximum Gasteiger partial charge on any atom is 0.132 e. The van der Waals surface area contributed by atoms with Crippen molar-refractivity contribution in [2.45, 2.75) is 25.4 Å².